The van der Waals surface area contributed by atoms with Gasteiger partial charge < -0.3 is 10.1 Å². The van der Waals surface area contributed by atoms with Crippen molar-refractivity contribution in [3.8, 4) is 21.1 Å². The van der Waals surface area contributed by atoms with Crippen molar-refractivity contribution in [1.29, 1.82) is 0 Å². The SMILES string of the molecule is CCOC(=O)N(C)c1ccc(NC(=O)Cc2sc(-c3ccccc3)nc2-c2cccs2)cc1. The van der Waals surface area contributed by atoms with Crippen LogP contribution in [0.4, 0.5) is 16.2 Å². The average molecular weight is 478 g/mol. The normalized spacial score (nSPS) is 10.6. The molecule has 0 radical (unpaired) electrons. The average Bonchev–Trinajstić information content (AvgIpc) is 3.50. The van der Waals surface area contributed by atoms with Gasteiger partial charge in [0.05, 0.1) is 23.6 Å². The first-order valence-corrected chi connectivity index (χ1v) is 12.1. The molecule has 2 amide bonds. The Balaban J connectivity index is 1.49. The van der Waals surface area contributed by atoms with Crippen LogP contribution in [0.2, 0.25) is 0 Å². The molecule has 2 heterocycles. The van der Waals surface area contributed by atoms with Gasteiger partial charge in [-0.1, -0.05) is 36.4 Å². The lowest BCUT2D eigenvalue weighted by Crippen LogP contribution is -2.26. The fourth-order valence-corrected chi connectivity index (χ4v) is 5.11. The molecule has 4 rings (SSSR count). The minimum atomic E-state index is -0.421. The van der Waals surface area contributed by atoms with E-state index in [0.717, 1.165) is 26.0 Å². The van der Waals surface area contributed by atoms with Crippen LogP contribution < -0.4 is 10.2 Å². The van der Waals surface area contributed by atoms with E-state index in [1.54, 1.807) is 60.9 Å². The number of hydrogen-bond donors (Lipinski definition) is 1. The summed E-state index contributed by atoms with van der Waals surface area (Å²) in [6.07, 6.45) is -0.197. The summed E-state index contributed by atoms with van der Waals surface area (Å²) in [4.78, 5) is 33.0. The van der Waals surface area contributed by atoms with Gasteiger partial charge in [0.1, 0.15) is 5.01 Å². The molecule has 0 saturated carbocycles. The minimum Gasteiger partial charge on any atom is -0.449 e. The van der Waals surface area contributed by atoms with Crippen LogP contribution in [0.1, 0.15) is 11.8 Å². The smallest absolute Gasteiger partial charge is 0.413 e. The molecule has 2 aromatic carbocycles. The molecule has 8 heteroatoms. The summed E-state index contributed by atoms with van der Waals surface area (Å²) in [6, 6.07) is 21.1. The Morgan fingerprint density at radius 2 is 1.79 bits per heavy atom. The molecule has 0 saturated heterocycles. The second-order valence-electron chi connectivity index (χ2n) is 7.16. The van der Waals surface area contributed by atoms with E-state index in [4.69, 9.17) is 9.72 Å². The Bertz CT molecular complexity index is 1220. The quantitative estimate of drug-likeness (QED) is 0.338. The number of thiazole rings is 1. The van der Waals surface area contributed by atoms with Gasteiger partial charge in [-0.25, -0.2) is 9.78 Å². The molecule has 0 spiro atoms. The minimum absolute atomic E-state index is 0.123. The fraction of sp³-hybridized carbons (Fsp3) is 0.160. The lowest BCUT2D eigenvalue weighted by atomic mass is 10.2. The van der Waals surface area contributed by atoms with Crippen molar-refractivity contribution in [3.63, 3.8) is 0 Å². The maximum atomic E-state index is 12.8. The molecule has 0 aliphatic carbocycles. The van der Waals surface area contributed by atoms with Crippen LogP contribution >= 0.6 is 22.7 Å². The highest BCUT2D eigenvalue weighted by Crippen LogP contribution is 2.36. The van der Waals surface area contributed by atoms with E-state index < -0.39 is 6.09 Å². The molecule has 0 unspecified atom stereocenters. The van der Waals surface area contributed by atoms with Gasteiger partial charge in [0.2, 0.25) is 5.91 Å². The first-order chi connectivity index (χ1) is 16.0. The van der Waals surface area contributed by atoms with Crippen molar-refractivity contribution in [2.75, 3.05) is 23.9 Å². The van der Waals surface area contributed by atoms with E-state index in [1.165, 1.54) is 4.90 Å². The van der Waals surface area contributed by atoms with E-state index in [2.05, 4.69) is 5.32 Å². The number of amides is 2. The summed E-state index contributed by atoms with van der Waals surface area (Å²) in [7, 11) is 1.64. The molecule has 0 fully saturated rings. The van der Waals surface area contributed by atoms with Gasteiger partial charge in [0.25, 0.3) is 0 Å². The van der Waals surface area contributed by atoms with Crippen LogP contribution in [-0.4, -0.2) is 30.6 Å². The number of anilines is 2. The van der Waals surface area contributed by atoms with Gasteiger partial charge in [0.15, 0.2) is 0 Å². The number of carbonyl (C=O) groups excluding carboxylic acids is 2. The number of rotatable bonds is 7. The zero-order chi connectivity index (χ0) is 23.2. The first-order valence-electron chi connectivity index (χ1n) is 10.4. The molecule has 0 aliphatic rings. The molecule has 0 aliphatic heterocycles. The maximum absolute atomic E-state index is 12.8. The molecule has 168 valence electrons. The highest BCUT2D eigenvalue weighted by Gasteiger charge is 2.18. The van der Waals surface area contributed by atoms with Crippen LogP contribution in [-0.2, 0) is 16.0 Å². The van der Waals surface area contributed by atoms with E-state index in [-0.39, 0.29) is 12.3 Å². The number of hydrogen-bond acceptors (Lipinski definition) is 6. The van der Waals surface area contributed by atoms with Gasteiger partial charge in [0, 0.05) is 28.9 Å². The standard InChI is InChI=1S/C25H23N3O3S2/c1-3-31-25(30)28(2)19-13-11-18(12-14-19)26-22(29)16-21-23(20-10-7-15-32-20)27-24(33-21)17-8-5-4-6-9-17/h4-15H,3,16H2,1-2H3,(H,26,29). The Morgan fingerprint density at radius 3 is 2.45 bits per heavy atom. The van der Waals surface area contributed by atoms with Crippen LogP contribution in [0.5, 0.6) is 0 Å². The molecule has 0 atom stereocenters. The van der Waals surface area contributed by atoms with E-state index >= 15 is 0 Å². The lowest BCUT2D eigenvalue weighted by Gasteiger charge is -2.16. The lowest BCUT2D eigenvalue weighted by molar-refractivity contribution is -0.115. The monoisotopic (exact) mass is 477 g/mol. The van der Waals surface area contributed by atoms with Gasteiger partial charge >= 0.3 is 6.09 Å². The largest absolute Gasteiger partial charge is 0.449 e. The third-order valence-electron chi connectivity index (χ3n) is 4.87. The van der Waals surface area contributed by atoms with E-state index in [1.807, 2.05) is 47.8 Å². The summed E-state index contributed by atoms with van der Waals surface area (Å²) in [6.45, 7) is 2.08. The third kappa shape index (κ3) is 5.47. The molecule has 0 bridgehead atoms. The number of thiophene rings is 1. The van der Waals surface area contributed by atoms with Crippen molar-refractivity contribution in [1.82, 2.24) is 4.98 Å². The zero-order valence-corrected chi connectivity index (χ0v) is 19.9. The zero-order valence-electron chi connectivity index (χ0n) is 18.3. The van der Waals surface area contributed by atoms with Crippen LogP contribution in [0.15, 0.2) is 72.1 Å². The first kappa shape index (κ1) is 22.7. The molecular weight excluding hydrogens is 454 g/mol. The van der Waals surface area contributed by atoms with Gasteiger partial charge in [-0.15, -0.1) is 22.7 Å². The van der Waals surface area contributed by atoms with Crippen LogP contribution in [0, 0.1) is 0 Å². The number of carbonyl (C=O) groups is 2. The van der Waals surface area contributed by atoms with E-state index in [0.29, 0.717) is 18.0 Å². The van der Waals surface area contributed by atoms with E-state index in [9.17, 15) is 9.59 Å². The van der Waals surface area contributed by atoms with Crippen molar-refractivity contribution in [3.05, 3.63) is 77.0 Å². The summed E-state index contributed by atoms with van der Waals surface area (Å²) >= 11 is 3.15. The molecule has 2 aromatic heterocycles. The Morgan fingerprint density at radius 1 is 1.03 bits per heavy atom. The Labute approximate surface area is 200 Å². The van der Waals surface area contributed by atoms with Crippen LogP contribution in [0.25, 0.3) is 21.1 Å². The second kappa shape index (κ2) is 10.4. The summed E-state index contributed by atoms with van der Waals surface area (Å²) in [5.74, 6) is -0.123. The summed E-state index contributed by atoms with van der Waals surface area (Å²) < 4.78 is 5.01. The number of nitrogens with zero attached hydrogens (tertiary/aromatic N) is 2. The van der Waals surface area contributed by atoms with Gasteiger partial charge in [-0.3, -0.25) is 9.69 Å². The number of aromatic nitrogens is 1. The van der Waals surface area contributed by atoms with Gasteiger partial charge in [-0.05, 0) is 42.6 Å². The molecule has 6 nitrogen and oxygen atoms in total. The fourth-order valence-electron chi connectivity index (χ4n) is 3.23. The number of nitrogens with one attached hydrogen (secondary N) is 1. The van der Waals surface area contributed by atoms with Crippen molar-refractivity contribution >= 4 is 46.0 Å². The maximum Gasteiger partial charge on any atom is 0.413 e. The highest BCUT2D eigenvalue weighted by molar-refractivity contribution is 7.17. The third-order valence-corrected chi connectivity index (χ3v) is 6.85. The van der Waals surface area contributed by atoms with Crippen LogP contribution in [0.3, 0.4) is 0 Å². The van der Waals surface area contributed by atoms with Crippen molar-refractivity contribution < 1.29 is 14.3 Å². The topological polar surface area (TPSA) is 71.5 Å². The highest BCUT2D eigenvalue weighted by atomic mass is 32.1. The molecular formula is C25H23N3O3S2. The Hall–Kier alpha value is -3.49. The summed E-state index contributed by atoms with van der Waals surface area (Å²) in [5, 5.41) is 5.85. The molecule has 1 N–H and O–H groups in total. The molecule has 33 heavy (non-hydrogen) atoms. The Kier molecular flexibility index (Phi) is 7.16. The predicted octanol–water partition coefficient (Wildman–Crippen LogP) is 6.31. The van der Waals surface area contributed by atoms with Crippen molar-refractivity contribution in [2.24, 2.45) is 0 Å². The number of ether oxygens (including phenoxy) is 1. The van der Waals surface area contributed by atoms with Crippen molar-refractivity contribution in [2.45, 2.75) is 13.3 Å². The summed E-state index contributed by atoms with van der Waals surface area (Å²) in [5.41, 5.74) is 3.23. The number of benzene rings is 2. The van der Waals surface area contributed by atoms with Gasteiger partial charge in [-0.2, -0.15) is 0 Å². The predicted molar refractivity (Wildman–Crippen MR) is 135 cm³/mol. The molecule has 4 aromatic rings. The second-order valence-corrected chi connectivity index (χ2v) is 9.20.